The van der Waals surface area contributed by atoms with E-state index in [4.69, 9.17) is 0 Å². The Balaban J connectivity index is 1.86. The van der Waals surface area contributed by atoms with Crippen molar-refractivity contribution in [3.63, 3.8) is 0 Å². The van der Waals surface area contributed by atoms with E-state index in [1.165, 1.54) is 0 Å². The van der Waals surface area contributed by atoms with Crippen LogP contribution in [0, 0.1) is 5.92 Å². The second kappa shape index (κ2) is 4.11. The van der Waals surface area contributed by atoms with Crippen molar-refractivity contribution >= 4 is 11.7 Å². The van der Waals surface area contributed by atoms with E-state index in [1.54, 1.807) is 6.20 Å². The zero-order valence-corrected chi connectivity index (χ0v) is 10.0. The number of nitrogens with one attached hydrogen (secondary N) is 1. The molecule has 0 aliphatic carbocycles. The molecule has 2 aliphatic heterocycles. The van der Waals surface area contributed by atoms with Gasteiger partial charge in [0.05, 0.1) is 5.92 Å². The Bertz CT molecular complexity index is 438. The van der Waals surface area contributed by atoms with E-state index in [9.17, 15) is 4.79 Å². The van der Waals surface area contributed by atoms with E-state index in [2.05, 4.69) is 22.2 Å². The molecule has 1 N–H and O–H groups in total. The Morgan fingerprint density at radius 1 is 1.41 bits per heavy atom. The van der Waals surface area contributed by atoms with Crippen molar-refractivity contribution in [1.82, 2.24) is 9.88 Å². The van der Waals surface area contributed by atoms with Gasteiger partial charge in [-0.3, -0.25) is 4.79 Å². The van der Waals surface area contributed by atoms with E-state index >= 15 is 0 Å². The van der Waals surface area contributed by atoms with Gasteiger partial charge in [0, 0.05) is 11.8 Å². The van der Waals surface area contributed by atoms with Gasteiger partial charge >= 0.3 is 0 Å². The summed E-state index contributed by atoms with van der Waals surface area (Å²) >= 11 is 0. The zero-order valence-electron chi connectivity index (χ0n) is 10.0. The molecule has 3 heterocycles. The SMILES string of the molecule is CN1CCC(C2C(=O)Nc3ncccc32)CC1. The first-order chi connectivity index (χ1) is 8.25. The lowest BCUT2D eigenvalue weighted by molar-refractivity contribution is -0.118. The number of fused-ring (bicyclic) bond motifs is 1. The van der Waals surface area contributed by atoms with Crippen LogP contribution >= 0.6 is 0 Å². The quantitative estimate of drug-likeness (QED) is 0.796. The van der Waals surface area contributed by atoms with Crippen LogP contribution in [0.3, 0.4) is 0 Å². The Labute approximate surface area is 101 Å². The minimum atomic E-state index is 0.0207. The maximum atomic E-state index is 12.0. The zero-order chi connectivity index (χ0) is 11.8. The van der Waals surface area contributed by atoms with Gasteiger partial charge in [0.2, 0.25) is 5.91 Å². The van der Waals surface area contributed by atoms with Crippen molar-refractivity contribution in [3.8, 4) is 0 Å². The number of rotatable bonds is 1. The van der Waals surface area contributed by atoms with Crippen LogP contribution in [0.5, 0.6) is 0 Å². The highest BCUT2D eigenvalue weighted by Gasteiger charge is 2.38. The Kier molecular flexibility index (Phi) is 2.59. The lowest BCUT2D eigenvalue weighted by atomic mass is 9.81. The summed E-state index contributed by atoms with van der Waals surface area (Å²) in [6, 6.07) is 3.95. The van der Waals surface area contributed by atoms with Gasteiger partial charge in [0.25, 0.3) is 0 Å². The topological polar surface area (TPSA) is 45.2 Å². The van der Waals surface area contributed by atoms with E-state index < -0.39 is 0 Å². The fourth-order valence-electron chi connectivity index (χ4n) is 2.94. The molecule has 4 heteroatoms. The van der Waals surface area contributed by atoms with Crippen LogP contribution in [0.15, 0.2) is 18.3 Å². The molecule has 1 fully saturated rings. The molecule has 4 nitrogen and oxygen atoms in total. The summed E-state index contributed by atoms with van der Waals surface area (Å²) in [5.41, 5.74) is 1.09. The molecule has 1 unspecified atom stereocenters. The molecule has 0 spiro atoms. The lowest BCUT2D eigenvalue weighted by Crippen LogP contribution is -2.34. The Hall–Kier alpha value is -1.42. The number of likely N-dealkylation sites (tertiary alicyclic amines) is 1. The average molecular weight is 231 g/mol. The average Bonchev–Trinajstić information content (AvgIpc) is 2.66. The third-order valence-corrected chi connectivity index (χ3v) is 3.93. The van der Waals surface area contributed by atoms with Gasteiger partial charge in [-0.05, 0) is 45.0 Å². The largest absolute Gasteiger partial charge is 0.310 e. The van der Waals surface area contributed by atoms with Crippen LogP contribution in [0.1, 0.15) is 24.3 Å². The number of hydrogen-bond donors (Lipinski definition) is 1. The smallest absolute Gasteiger partial charge is 0.233 e. The lowest BCUT2D eigenvalue weighted by Gasteiger charge is -2.31. The van der Waals surface area contributed by atoms with E-state index in [-0.39, 0.29) is 11.8 Å². The van der Waals surface area contributed by atoms with Gasteiger partial charge in [0.1, 0.15) is 5.82 Å². The summed E-state index contributed by atoms with van der Waals surface area (Å²) in [5, 5.41) is 2.89. The molecule has 1 atom stereocenters. The first kappa shape index (κ1) is 10.7. The normalized spacial score (nSPS) is 25.7. The molecule has 90 valence electrons. The van der Waals surface area contributed by atoms with Gasteiger partial charge in [-0.25, -0.2) is 4.98 Å². The maximum absolute atomic E-state index is 12.0. The third-order valence-electron chi connectivity index (χ3n) is 3.93. The number of carbonyl (C=O) groups is 1. The van der Waals surface area contributed by atoms with Crippen LogP contribution in [-0.2, 0) is 4.79 Å². The fraction of sp³-hybridized carbons (Fsp3) is 0.538. The standard InChI is InChI=1S/C13H17N3O/c1-16-7-4-9(5-8-16)11-10-3-2-6-14-12(10)15-13(11)17/h2-3,6,9,11H,4-5,7-8H2,1H3,(H,14,15,17). The van der Waals surface area contributed by atoms with Gasteiger partial charge < -0.3 is 10.2 Å². The molecule has 3 rings (SSSR count). The van der Waals surface area contributed by atoms with Gasteiger partial charge in [-0.15, -0.1) is 0 Å². The van der Waals surface area contributed by atoms with Crippen molar-refractivity contribution in [2.75, 3.05) is 25.5 Å². The molecule has 1 aromatic rings. The summed E-state index contributed by atoms with van der Waals surface area (Å²) in [5.74, 6) is 1.39. The highest BCUT2D eigenvalue weighted by Crippen LogP contribution is 2.39. The van der Waals surface area contributed by atoms with Crippen LogP contribution < -0.4 is 5.32 Å². The minimum Gasteiger partial charge on any atom is -0.310 e. The molecule has 17 heavy (non-hydrogen) atoms. The number of anilines is 1. The van der Waals surface area contributed by atoms with Crippen molar-refractivity contribution < 1.29 is 4.79 Å². The monoisotopic (exact) mass is 231 g/mol. The second-order valence-electron chi connectivity index (χ2n) is 5.05. The molecular formula is C13H17N3O. The Morgan fingerprint density at radius 2 is 2.18 bits per heavy atom. The highest BCUT2D eigenvalue weighted by atomic mass is 16.2. The number of amides is 1. The molecule has 0 aromatic carbocycles. The number of piperidine rings is 1. The molecule has 0 radical (unpaired) electrons. The third kappa shape index (κ3) is 1.82. The molecule has 1 saturated heterocycles. The van der Waals surface area contributed by atoms with Gasteiger partial charge in [0.15, 0.2) is 0 Å². The molecule has 0 bridgehead atoms. The fourth-order valence-corrected chi connectivity index (χ4v) is 2.94. The van der Waals surface area contributed by atoms with E-state index in [1.807, 2.05) is 12.1 Å². The van der Waals surface area contributed by atoms with Crippen LogP contribution in [0.4, 0.5) is 5.82 Å². The van der Waals surface area contributed by atoms with Crippen molar-refractivity contribution in [2.45, 2.75) is 18.8 Å². The van der Waals surface area contributed by atoms with Crippen molar-refractivity contribution in [3.05, 3.63) is 23.9 Å². The number of nitrogens with zero attached hydrogens (tertiary/aromatic N) is 2. The highest BCUT2D eigenvalue weighted by molar-refractivity contribution is 6.01. The predicted molar refractivity (Wildman–Crippen MR) is 65.8 cm³/mol. The summed E-state index contributed by atoms with van der Waals surface area (Å²) in [4.78, 5) is 18.6. The van der Waals surface area contributed by atoms with E-state index in [0.29, 0.717) is 5.92 Å². The first-order valence-electron chi connectivity index (χ1n) is 6.20. The molecule has 1 amide bonds. The number of hydrogen-bond acceptors (Lipinski definition) is 3. The maximum Gasteiger partial charge on any atom is 0.233 e. The summed E-state index contributed by atoms with van der Waals surface area (Å²) in [6.45, 7) is 2.17. The van der Waals surface area contributed by atoms with Crippen molar-refractivity contribution in [1.29, 1.82) is 0 Å². The minimum absolute atomic E-state index is 0.0207. The summed E-state index contributed by atoms with van der Waals surface area (Å²) in [7, 11) is 2.14. The van der Waals surface area contributed by atoms with Crippen molar-refractivity contribution in [2.24, 2.45) is 5.92 Å². The van der Waals surface area contributed by atoms with Crippen LogP contribution in [0.2, 0.25) is 0 Å². The number of carbonyl (C=O) groups excluding carboxylic acids is 1. The first-order valence-corrected chi connectivity index (χ1v) is 6.20. The molecule has 1 aromatic heterocycles. The molecule has 0 saturated carbocycles. The van der Waals surface area contributed by atoms with Gasteiger partial charge in [-0.2, -0.15) is 0 Å². The van der Waals surface area contributed by atoms with Crippen LogP contribution in [0.25, 0.3) is 0 Å². The number of aromatic nitrogens is 1. The van der Waals surface area contributed by atoms with Gasteiger partial charge in [-0.1, -0.05) is 6.07 Å². The summed E-state index contributed by atoms with van der Waals surface area (Å²) < 4.78 is 0. The number of pyridine rings is 1. The Morgan fingerprint density at radius 3 is 2.94 bits per heavy atom. The second-order valence-corrected chi connectivity index (χ2v) is 5.05. The summed E-state index contributed by atoms with van der Waals surface area (Å²) in [6.07, 6.45) is 3.93. The van der Waals surface area contributed by atoms with E-state index in [0.717, 1.165) is 37.3 Å². The predicted octanol–water partition coefficient (Wildman–Crippen LogP) is 1.46. The van der Waals surface area contributed by atoms with Crippen LogP contribution in [-0.4, -0.2) is 35.9 Å². The molecular weight excluding hydrogens is 214 g/mol. The molecule has 2 aliphatic rings.